The lowest BCUT2D eigenvalue weighted by Gasteiger charge is -2.19. The minimum absolute atomic E-state index is 0.720. The first-order valence-corrected chi connectivity index (χ1v) is 5.37. The van der Waals surface area contributed by atoms with E-state index in [1.165, 1.54) is 0 Å². The van der Waals surface area contributed by atoms with Gasteiger partial charge in [0.05, 0.1) is 0 Å². The Labute approximate surface area is 75.1 Å². The highest BCUT2D eigenvalue weighted by Crippen LogP contribution is 2.24. The number of nitrogens with two attached hydrogens (primary N) is 1. The van der Waals surface area contributed by atoms with E-state index >= 15 is 0 Å². The third-order valence-electron chi connectivity index (χ3n) is 1.96. The van der Waals surface area contributed by atoms with Crippen molar-refractivity contribution in [1.29, 1.82) is 0 Å². The predicted octanol–water partition coefficient (Wildman–Crippen LogP) is 2.50. The van der Waals surface area contributed by atoms with Crippen molar-refractivity contribution in [2.24, 2.45) is 11.7 Å². The van der Waals surface area contributed by atoms with Crippen LogP contribution in [0.4, 0.5) is 0 Å². The Kier molecular flexibility index (Phi) is 6.06. The van der Waals surface area contributed by atoms with Gasteiger partial charge in [-0.15, -0.1) is 0 Å². The van der Waals surface area contributed by atoms with Crippen LogP contribution in [0, 0.1) is 5.92 Å². The van der Waals surface area contributed by atoms with E-state index in [2.05, 4.69) is 39.5 Å². The van der Waals surface area contributed by atoms with Crippen molar-refractivity contribution in [3.8, 4) is 0 Å². The molecule has 0 radical (unpaired) electrons. The van der Waals surface area contributed by atoms with Crippen molar-refractivity contribution in [3.05, 3.63) is 0 Å². The highest BCUT2D eigenvalue weighted by Gasteiger charge is 2.11. The summed E-state index contributed by atoms with van der Waals surface area (Å²) < 4.78 is 0. The molecule has 0 amide bonds. The van der Waals surface area contributed by atoms with Gasteiger partial charge in [-0.3, -0.25) is 0 Å². The molecule has 1 nitrogen and oxygen atoms in total. The van der Waals surface area contributed by atoms with Crippen LogP contribution in [0.1, 0.15) is 34.1 Å². The lowest BCUT2D eigenvalue weighted by Crippen LogP contribution is -2.14. The molecule has 0 heterocycles. The van der Waals surface area contributed by atoms with Gasteiger partial charge >= 0.3 is 0 Å². The van der Waals surface area contributed by atoms with Gasteiger partial charge in [0.25, 0.3) is 0 Å². The van der Waals surface area contributed by atoms with Crippen molar-refractivity contribution >= 4 is 11.8 Å². The summed E-state index contributed by atoms with van der Waals surface area (Å²) in [5.74, 6) is 0.778. The third kappa shape index (κ3) is 5.57. The largest absolute Gasteiger partial charge is 0.330 e. The highest BCUT2D eigenvalue weighted by atomic mass is 32.2. The maximum atomic E-state index is 5.47. The molecule has 0 aliphatic carbocycles. The van der Waals surface area contributed by atoms with Gasteiger partial charge in [-0.1, -0.05) is 27.7 Å². The van der Waals surface area contributed by atoms with Gasteiger partial charge in [-0.25, -0.2) is 0 Å². The molecular weight excluding hydrogens is 154 g/mol. The Bertz CT molecular complexity index is 93.6. The molecule has 2 atom stereocenters. The molecule has 2 heteroatoms. The van der Waals surface area contributed by atoms with Gasteiger partial charge in [-0.2, -0.15) is 11.8 Å². The smallest absolute Gasteiger partial charge is 0.00444 e. The molecule has 68 valence electrons. The van der Waals surface area contributed by atoms with Crippen molar-refractivity contribution in [3.63, 3.8) is 0 Å². The third-order valence-corrected chi connectivity index (χ3v) is 3.63. The summed E-state index contributed by atoms with van der Waals surface area (Å²) in [6.45, 7) is 9.91. The highest BCUT2D eigenvalue weighted by molar-refractivity contribution is 8.00. The molecule has 0 bridgehead atoms. The summed E-state index contributed by atoms with van der Waals surface area (Å²) >= 11 is 2.05. The van der Waals surface area contributed by atoms with Crippen LogP contribution in [0.15, 0.2) is 0 Å². The fraction of sp³-hybridized carbons (Fsp3) is 1.00. The summed E-state index contributed by atoms with van der Waals surface area (Å²) in [5, 5.41) is 1.48. The molecule has 0 aliphatic heterocycles. The van der Waals surface area contributed by atoms with Crippen LogP contribution in [-0.2, 0) is 0 Å². The molecule has 0 aromatic heterocycles. The Morgan fingerprint density at radius 2 is 1.73 bits per heavy atom. The van der Waals surface area contributed by atoms with Crippen molar-refractivity contribution in [1.82, 2.24) is 0 Å². The Balaban J connectivity index is 3.48. The molecule has 0 saturated heterocycles. The van der Waals surface area contributed by atoms with Gasteiger partial charge in [0, 0.05) is 10.5 Å². The normalized spacial score (nSPS) is 16.9. The van der Waals surface area contributed by atoms with Crippen LogP contribution in [0.3, 0.4) is 0 Å². The Hall–Kier alpha value is 0.310. The topological polar surface area (TPSA) is 26.0 Å². The van der Waals surface area contributed by atoms with E-state index in [1.54, 1.807) is 0 Å². The zero-order valence-electron chi connectivity index (χ0n) is 8.13. The van der Waals surface area contributed by atoms with Crippen LogP contribution in [-0.4, -0.2) is 17.0 Å². The van der Waals surface area contributed by atoms with E-state index in [9.17, 15) is 0 Å². The fourth-order valence-electron chi connectivity index (χ4n) is 0.826. The van der Waals surface area contributed by atoms with Crippen LogP contribution < -0.4 is 5.73 Å². The van der Waals surface area contributed by atoms with E-state index < -0.39 is 0 Å². The number of rotatable bonds is 5. The van der Waals surface area contributed by atoms with Gasteiger partial charge in [0.1, 0.15) is 0 Å². The molecular formula is C9H21NS. The standard InChI is InChI=1S/C9H21NS/c1-7(2)9(4)11-8(3)5-6-10/h7-9H,5-6,10H2,1-4H3. The maximum absolute atomic E-state index is 5.47. The molecule has 0 spiro atoms. The lowest BCUT2D eigenvalue weighted by atomic mass is 10.2. The summed E-state index contributed by atoms with van der Waals surface area (Å²) in [7, 11) is 0. The predicted molar refractivity (Wildman–Crippen MR) is 55.0 cm³/mol. The van der Waals surface area contributed by atoms with Gasteiger partial charge in [0.2, 0.25) is 0 Å². The van der Waals surface area contributed by atoms with E-state index in [1.807, 2.05) is 0 Å². The summed E-state index contributed by atoms with van der Waals surface area (Å²) in [5.41, 5.74) is 5.47. The van der Waals surface area contributed by atoms with E-state index in [0.717, 1.165) is 29.4 Å². The van der Waals surface area contributed by atoms with Crippen molar-refractivity contribution in [2.45, 2.75) is 44.6 Å². The Morgan fingerprint density at radius 1 is 1.18 bits per heavy atom. The maximum Gasteiger partial charge on any atom is 0.00444 e. The van der Waals surface area contributed by atoms with Crippen molar-refractivity contribution in [2.75, 3.05) is 6.54 Å². The van der Waals surface area contributed by atoms with Crippen molar-refractivity contribution < 1.29 is 0 Å². The molecule has 0 rings (SSSR count). The molecule has 0 aliphatic rings. The average Bonchev–Trinajstić information content (AvgIpc) is 1.87. The van der Waals surface area contributed by atoms with E-state index in [-0.39, 0.29) is 0 Å². The minimum Gasteiger partial charge on any atom is -0.330 e. The lowest BCUT2D eigenvalue weighted by molar-refractivity contribution is 0.637. The van der Waals surface area contributed by atoms with E-state index in [4.69, 9.17) is 5.73 Å². The second-order valence-electron chi connectivity index (χ2n) is 3.47. The zero-order chi connectivity index (χ0) is 8.85. The van der Waals surface area contributed by atoms with Crippen LogP contribution in [0.5, 0.6) is 0 Å². The number of thioether (sulfide) groups is 1. The second-order valence-corrected chi connectivity index (χ2v) is 5.29. The molecule has 11 heavy (non-hydrogen) atoms. The van der Waals surface area contributed by atoms with Crippen LogP contribution in [0.2, 0.25) is 0 Å². The molecule has 0 fully saturated rings. The molecule has 0 aromatic rings. The second kappa shape index (κ2) is 5.90. The summed E-state index contributed by atoms with van der Waals surface area (Å²) in [6.07, 6.45) is 1.14. The van der Waals surface area contributed by atoms with Crippen LogP contribution >= 0.6 is 11.8 Å². The first-order chi connectivity index (χ1) is 5.07. The minimum atomic E-state index is 0.720. The van der Waals surface area contributed by atoms with Gasteiger partial charge in [0.15, 0.2) is 0 Å². The number of hydrogen-bond donors (Lipinski definition) is 1. The summed E-state index contributed by atoms with van der Waals surface area (Å²) in [6, 6.07) is 0. The molecule has 0 saturated carbocycles. The van der Waals surface area contributed by atoms with Gasteiger partial charge < -0.3 is 5.73 Å². The monoisotopic (exact) mass is 175 g/mol. The quantitative estimate of drug-likeness (QED) is 0.695. The van der Waals surface area contributed by atoms with E-state index in [0.29, 0.717) is 0 Å². The molecule has 2 unspecified atom stereocenters. The summed E-state index contributed by atoms with van der Waals surface area (Å²) in [4.78, 5) is 0. The first kappa shape index (κ1) is 11.3. The SMILES string of the molecule is CC(CCN)SC(C)C(C)C. The average molecular weight is 175 g/mol. The van der Waals surface area contributed by atoms with Gasteiger partial charge in [-0.05, 0) is 18.9 Å². The molecule has 0 aromatic carbocycles. The first-order valence-electron chi connectivity index (χ1n) is 4.43. The van der Waals surface area contributed by atoms with Crippen LogP contribution in [0.25, 0.3) is 0 Å². The Morgan fingerprint density at radius 3 is 2.09 bits per heavy atom. The molecule has 2 N–H and O–H groups in total. The number of hydrogen-bond acceptors (Lipinski definition) is 2. The zero-order valence-corrected chi connectivity index (χ0v) is 8.95. The fourth-order valence-corrected chi connectivity index (χ4v) is 2.15.